The summed E-state index contributed by atoms with van der Waals surface area (Å²) in [6.07, 6.45) is 3.58. The van der Waals surface area contributed by atoms with E-state index >= 15 is 0 Å². The normalized spacial score (nSPS) is 17.0. The second-order valence-electron chi connectivity index (χ2n) is 6.78. The van der Waals surface area contributed by atoms with Crippen LogP contribution in [0.2, 0.25) is 0 Å². The largest absolute Gasteiger partial charge is 0.478 e. The molecule has 23 heavy (non-hydrogen) atoms. The number of benzene rings is 2. The second kappa shape index (κ2) is 4.69. The molecule has 4 rings (SSSR count). The standard InChI is InChI=1S/C19H16O4/c20-17(21)11-1-3-13-7-19(9-15(13)5-11)8-14-4-2-12(18(22)23)6-16(14)10-19/h1-6H,7-10H2,(H,20,21)(H,22,23). The van der Waals surface area contributed by atoms with E-state index in [1.165, 1.54) is 11.1 Å². The van der Waals surface area contributed by atoms with Crippen molar-refractivity contribution in [2.24, 2.45) is 5.41 Å². The molecule has 4 heteroatoms. The highest BCUT2D eigenvalue weighted by molar-refractivity contribution is 5.88. The van der Waals surface area contributed by atoms with Gasteiger partial charge in [0.15, 0.2) is 0 Å². The summed E-state index contributed by atoms with van der Waals surface area (Å²) in [5, 5.41) is 18.3. The van der Waals surface area contributed by atoms with Crippen LogP contribution in [0.5, 0.6) is 0 Å². The molecule has 0 bridgehead atoms. The highest BCUT2D eigenvalue weighted by Gasteiger charge is 2.42. The van der Waals surface area contributed by atoms with Crippen LogP contribution in [0.4, 0.5) is 0 Å². The minimum atomic E-state index is -0.894. The maximum atomic E-state index is 11.1. The van der Waals surface area contributed by atoms with Gasteiger partial charge in [0.05, 0.1) is 11.1 Å². The fourth-order valence-electron chi connectivity index (χ4n) is 4.18. The number of fused-ring (bicyclic) bond motifs is 2. The molecule has 0 heterocycles. The van der Waals surface area contributed by atoms with Gasteiger partial charge in [-0.2, -0.15) is 0 Å². The Morgan fingerprint density at radius 1 is 0.696 bits per heavy atom. The Morgan fingerprint density at radius 2 is 1.09 bits per heavy atom. The molecule has 4 nitrogen and oxygen atoms in total. The summed E-state index contributed by atoms with van der Waals surface area (Å²) in [4.78, 5) is 22.3. The fourth-order valence-corrected chi connectivity index (χ4v) is 4.18. The van der Waals surface area contributed by atoms with Crippen LogP contribution < -0.4 is 0 Å². The Hall–Kier alpha value is -2.62. The van der Waals surface area contributed by atoms with Gasteiger partial charge in [-0.1, -0.05) is 12.1 Å². The van der Waals surface area contributed by atoms with E-state index in [9.17, 15) is 9.59 Å². The highest BCUT2D eigenvalue weighted by Crippen LogP contribution is 2.47. The molecule has 0 radical (unpaired) electrons. The Bertz CT molecular complexity index is 779. The van der Waals surface area contributed by atoms with Crippen LogP contribution in [-0.4, -0.2) is 22.2 Å². The molecule has 2 aromatic carbocycles. The zero-order valence-electron chi connectivity index (χ0n) is 12.5. The summed E-state index contributed by atoms with van der Waals surface area (Å²) in [7, 11) is 0. The lowest BCUT2D eigenvalue weighted by atomic mass is 9.82. The summed E-state index contributed by atoms with van der Waals surface area (Å²) >= 11 is 0. The molecule has 0 fully saturated rings. The summed E-state index contributed by atoms with van der Waals surface area (Å²) < 4.78 is 0. The van der Waals surface area contributed by atoms with Crippen molar-refractivity contribution in [3.05, 3.63) is 69.8 Å². The third-order valence-electron chi connectivity index (χ3n) is 5.17. The quantitative estimate of drug-likeness (QED) is 0.894. The SMILES string of the molecule is O=C(O)c1ccc2c(c1)CC1(C2)Cc2ccc(C(=O)O)cc2C1. The molecule has 2 aromatic rings. The van der Waals surface area contributed by atoms with Crippen molar-refractivity contribution in [2.75, 3.05) is 0 Å². The van der Waals surface area contributed by atoms with E-state index in [0.717, 1.165) is 36.8 Å². The predicted molar refractivity (Wildman–Crippen MR) is 84.1 cm³/mol. The molecule has 116 valence electrons. The summed E-state index contributed by atoms with van der Waals surface area (Å²) in [5.41, 5.74) is 5.45. The molecule has 0 saturated carbocycles. The van der Waals surface area contributed by atoms with Gasteiger partial charge in [0.2, 0.25) is 0 Å². The van der Waals surface area contributed by atoms with Gasteiger partial charge < -0.3 is 10.2 Å². The van der Waals surface area contributed by atoms with Gasteiger partial charge in [-0.25, -0.2) is 9.59 Å². The van der Waals surface area contributed by atoms with Crippen molar-refractivity contribution in [3.63, 3.8) is 0 Å². The van der Waals surface area contributed by atoms with E-state index in [4.69, 9.17) is 10.2 Å². The van der Waals surface area contributed by atoms with E-state index < -0.39 is 11.9 Å². The predicted octanol–water partition coefficient (Wildman–Crippen LogP) is 2.97. The fraction of sp³-hybridized carbons (Fsp3) is 0.263. The van der Waals surface area contributed by atoms with Gasteiger partial charge in [-0.3, -0.25) is 0 Å². The van der Waals surface area contributed by atoms with Crippen molar-refractivity contribution in [1.29, 1.82) is 0 Å². The number of carbonyl (C=O) groups is 2. The average molecular weight is 308 g/mol. The lowest BCUT2D eigenvalue weighted by Crippen LogP contribution is -2.21. The number of carboxylic acids is 2. The van der Waals surface area contributed by atoms with Gasteiger partial charge in [-0.05, 0) is 77.6 Å². The molecule has 2 aliphatic carbocycles. The maximum Gasteiger partial charge on any atom is 0.335 e. The van der Waals surface area contributed by atoms with Crippen molar-refractivity contribution < 1.29 is 19.8 Å². The topological polar surface area (TPSA) is 74.6 Å². The van der Waals surface area contributed by atoms with Crippen LogP contribution in [0, 0.1) is 5.41 Å². The first-order valence-corrected chi connectivity index (χ1v) is 7.66. The van der Waals surface area contributed by atoms with Gasteiger partial charge in [0.25, 0.3) is 0 Å². The van der Waals surface area contributed by atoms with Crippen LogP contribution in [0.15, 0.2) is 36.4 Å². The van der Waals surface area contributed by atoms with Crippen molar-refractivity contribution in [1.82, 2.24) is 0 Å². The Labute approximate surface area is 133 Å². The van der Waals surface area contributed by atoms with E-state index in [-0.39, 0.29) is 5.41 Å². The monoisotopic (exact) mass is 308 g/mol. The molecule has 1 spiro atoms. The van der Waals surface area contributed by atoms with Crippen LogP contribution in [0.25, 0.3) is 0 Å². The first kappa shape index (κ1) is 14.0. The number of aromatic carboxylic acids is 2. The van der Waals surface area contributed by atoms with Gasteiger partial charge in [0, 0.05) is 0 Å². The van der Waals surface area contributed by atoms with Crippen LogP contribution >= 0.6 is 0 Å². The smallest absolute Gasteiger partial charge is 0.335 e. The minimum absolute atomic E-state index is 0.0823. The molecule has 2 N–H and O–H groups in total. The molecule has 0 atom stereocenters. The minimum Gasteiger partial charge on any atom is -0.478 e. The van der Waals surface area contributed by atoms with Gasteiger partial charge in [0.1, 0.15) is 0 Å². The highest BCUT2D eigenvalue weighted by atomic mass is 16.4. The van der Waals surface area contributed by atoms with Crippen molar-refractivity contribution in [3.8, 4) is 0 Å². The summed E-state index contributed by atoms with van der Waals surface area (Å²) in [5.74, 6) is -1.79. The molecule has 2 aliphatic rings. The Morgan fingerprint density at radius 3 is 1.48 bits per heavy atom. The van der Waals surface area contributed by atoms with Crippen LogP contribution in [-0.2, 0) is 25.7 Å². The van der Waals surface area contributed by atoms with E-state index in [2.05, 4.69) is 0 Å². The average Bonchev–Trinajstić information content (AvgIpc) is 3.03. The molecule has 0 aliphatic heterocycles. The first-order chi connectivity index (χ1) is 11.0. The molecular formula is C19H16O4. The number of hydrogen-bond acceptors (Lipinski definition) is 2. The number of hydrogen-bond donors (Lipinski definition) is 2. The van der Waals surface area contributed by atoms with Crippen LogP contribution in [0.1, 0.15) is 43.0 Å². The molecule has 0 saturated heterocycles. The third-order valence-corrected chi connectivity index (χ3v) is 5.17. The van der Waals surface area contributed by atoms with E-state index in [1.54, 1.807) is 24.3 Å². The Kier molecular flexibility index (Phi) is 2.85. The lowest BCUT2D eigenvalue weighted by molar-refractivity contribution is 0.0686. The van der Waals surface area contributed by atoms with E-state index in [1.807, 2.05) is 12.1 Å². The van der Waals surface area contributed by atoms with Crippen molar-refractivity contribution in [2.45, 2.75) is 25.7 Å². The second-order valence-corrected chi connectivity index (χ2v) is 6.78. The zero-order chi connectivity index (χ0) is 16.2. The zero-order valence-corrected chi connectivity index (χ0v) is 12.5. The van der Waals surface area contributed by atoms with E-state index in [0.29, 0.717) is 11.1 Å². The molecule has 0 aromatic heterocycles. The van der Waals surface area contributed by atoms with Gasteiger partial charge in [-0.15, -0.1) is 0 Å². The van der Waals surface area contributed by atoms with Gasteiger partial charge >= 0.3 is 11.9 Å². The third kappa shape index (κ3) is 2.22. The summed E-state index contributed by atoms with van der Waals surface area (Å²) in [6.45, 7) is 0. The molecule has 0 unspecified atom stereocenters. The number of rotatable bonds is 2. The molecule has 0 amide bonds. The lowest BCUT2D eigenvalue weighted by Gasteiger charge is -2.21. The Balaban J connectivity index is 1.65. The molecular weight excluding hydrogens is 292 g/mol. The maximum absolute atomic E-state index is 11.1. The summed E-state index contributed by atoms with van der Waals surface area (Å²) in [6, 6.07) is 10.8. The number of carboxylic acid groups (broad SMARTS) is 2. The first-order valence-electron chi connectivity index (χ1n) is 7.66. The van der Waals surface area contributed by atoms with Crippen LogP contribution in [0.3, 0.4) is 0 Å². The van der Waals surface area contributed by atoms with Crippen molar-refractivity contribution >= 4 is 11.9 Å².